The van der Waals surface area contributed by atoms with Gasteiger partial charge in [0.1, 0.15) is 17.9 Å². The number of para-hydroxylation sites is 1. The molecule has 0 fully saturated rings. The Kier molecular flexibility index (Phi) is 2.73. The first kappa shape index (κ1) is 10.8. The van der Waals surface area contributed by atoms with Crippen LogP contribution >= 0.6 is 0 Å². The van der Waals surface area contributed by atoms with Crippen molar-refractivity contribution < 1.29 is 14.3 Å². The molecule has 1 aliphatic rings. The molecule has 0 radical (unpaired) electrons. The van der Waals surface area contributed by atoms with Crippen LogP contribution in [0.1, 0.15) is 22.0 Å². The molecule has 90 valence electrons. The Morgan fingerprint density at radius 1 is 0.944 bits per heavy atom. The summed E-state index contributed by atoms with van der Waals surface area (Å²) in [6, 6.07) is 16.8. The predicted octanol–water partition coefficient (Wildman–Crippen LogP) is 2.98. The van der Waals surface area contributed by atoms with E-state index in [2.05, 4.69) is 0 Å². The lowest BCUT2D eigenvalue weighted by Gasteiger charge is -2.14. The van der Waals surface area contributed by atoms with E-state index in [0.29, 0.717) is 17.9 Å². The molecule has 0 saturated heterocycles. The van der Waals surface area contributed by atoms with Crippen LogP contribution in [0.25, 0.3) is 0 Å². The van der Waals surface area contributed by atoms with Crippen LogP contribution in [-0.4, -0.2) is 12.6 Å². The SMILES string of the molecule is O=C1O[C@@H](c2ccccc2)COc2ccccc21. The third-order valence-electron chi connectivity index (χ3n) is 2.92. The maximum Gasteiger partial charge on any atom is 0.342 e. The van der Waals surface area contributed by atoms with E-state index in [9.17, 15) is 4.79 Å². The molecule has 0 N–H and O–H groups in total. The molecule has 0 amide bonds. The van der Waals surface area contributed by atoms with Gasteiger partial charge in [0, 0.05) is 0 Å². The van der Waals surface area contributed by atoms with Gasteiger partial charge in [0.25, 0.3) is 0 Å². The molecule has 0 spiro atoms. The summed E-state index contributed by atoms with van der Waals surface area (Å²) in [6.07, 6.45) is -0.355. The number of carbonyl (C=O) groups is 1. The van der Waals surface area contributed by atoms with Crippen molar-refractivity contribution in [3.63, 3.8) is 0 Å². The maximum atomic E-state index is 12.0. The van der Waals surface area contributed by atoms with E-state index in [-0.39, 0.29) is 12.1 Å². The average Bonchev–Trinajstić information content (AvgIpc) is 2.60. The first-order chi connectivity index (χ1) is 8.84. The topological polar surface area (TPSA) is 35.5 Å². The highest BCUT2D eigenvalue weighted by atomic mass is 16.6. The molecule has 1 atom stereocenters. The largest absolute Gasteiger partial charge is 0.488 e. The van der Waals surface area contributed by atoms with Crippen LogP contribution in [0, 0.1) is 0 Å². The Hall–Kier alpha value is -2.29. The van der Waals surface area contributed by atoms with Crippen molar-refractivity contribution in [2.24, 2.45) is 0 Å². The molecule has 0 bridgehead atoms. The molecule has 1 heterocycles. The molecule has 3 nitrogen and oxygen atoms in total. The van der Waals surface area contributed by atoms with E-state index in [4.69, 9.17) is 9.47 Å². The third-order valence-corrected chi connectivity index (χ3v) is 2.92. The molecule has 1 aliphatic heterocycles. The summed E-state index contributed by atoms with van der Waals surface area (Å²) in [5.41, 5.74) is 1.43. The van der Waals surface area contributed by atoms with Crippen molar-refractivity contribution in [3.05, 3.63) is 65.7 Å². The van der Waals surface area contributed by atoms with Gasteiger partial charge in [-0.2, -0.15) is 0 Å². The molecular weight excluding hydrogens is 228 g/mol. The molecule has 18 heavy (non-hydrogen) atoms. The van der Waals surface area contributed by atoms with Crippen LogP contribution < -0.4 is 4.74 Å². The van der Waals surface area contributed by atoms with Gasteiger partial charge in [-0.25, -0.2) is 4.79 Å². The van der Waals surface area contributed by atoms with E-state index < -0.39 is 0 Å². The van der Waals surface area contributed by atoms with Gasteiger partial charge in [-0.3, -0.25) is 0 Å². The summed E-state index contributed by atoms with van der Waals surface area (Å²) < 4.78 is 11.1. The molecule has 3 heteroatoms. The Bertz CT molecular complexity index is 563. The van der Waals surface area contributed by atoms with Crippen LogP contribution in [0.5, 0.6) is 5.75 Å². The summed E-state index contributed by atoms with van der Waals surface area (Å²) >= 11 is 0. The molecule has 2 aromatic rings. The third kappa shape index (κ3) is 1.95. The minimum absolute atomic E-state index is 0.336. The van der Waals surface area contributed by atoms with E-state index in [1.165, 1.54) is 0 Å². The van der Waals surface area contributed by atoms with Crippen LogP contribution in [0.4, 0.5) is 0 Å². The molecular formula is C15H12O3. The van der Waals surface area contributed by atoms with Gasteiger partial charge in [-0.1, -0.05) is 42.5 Å². The van der Waals surface area contributed by atoms with Crippen LogP contribution in [0.2, 0.25) is 0 Å². The smallest absolute Gasteiger partial charge is 0.342 e. The van der Waals surface area contributed by atoms with Crippen molar-refractivity contribution in [3.8, 4) is 5.75 Å². The van der Waals surface area contributed by atoms with Crippen LogP contribution in [0.3, 0.4) is 0 Å². The van der Waals surface area contributed by atoms with Crippen molar-refractivity contribution in [1.82, 2.24) is 0 Å². The lowest BCUT2D eigenvalue weighted by molar-refractivity contribution is 0.0231. The second-order valence-corrected chi connectivity index (χ2v) is 4.11. The molecule has 3 rings (SSSR count). The van der Waals surface area contributed by atoms with Crippen molar-refractivity contribution >= 4 is 5.97 Å². The van der Waals surface area contributed by atoms with Crippen molar-refractivity contribution in [2.75, 3.05) is 6.61 Å². The molecule has 0 saturated carbocycles. The number of hydrogen-bond donors (Lipinski definition) is 0. The van der Waals surface area contributed by atoms with Gasteiger partial charge < -0.3 is 9.47 Å². The normalized spacial score (nSPS) is 18.2. The highest BCUT2D eigenvalue weighted by Crippen LogP contribution is 2.28. The summed E-state index contributed by atoms with van der Waals surface area (Å²) in [6.45, 7) is 0.340. The highest BCUT2D eigenvalue weighted by Gasteiger charge is 2.25. The average molecular weight is 240 g/mol. The fraction of sp³-hybridized carbons (Fsp3) is 0.133. The Morgan fingerprint density at radius 3 is 2.50 bits per heavy atom. The van der Waals surface area contributed by atoms with Crippen molar-refractivity contribution in [1.29, 1.82) is 0 Å². The minimum Gasteiger partial charge on any atom is -0.488 e. The second kappa shape index (κ2) is 4.53. The Labute approximate surface area is 105 Å². The number of cyclic esters (lactones) is 1. The number of carbonyl (C=O) groups excluding carboxylic acids is 1. The number of esters is 1. The van der Waals surface area contributed by atoms with Crippen LogP contribution in [-0.2, 0) is 4.74 Å². The lowest BCUT2D eigenvalue weighted by atomic mass is 10.1. The van der Waals surface area contributed by atoms with E-state index in [1.807, 2.05) is 36.4 Å². The zero-order valence-corrected chi connectivity index (χ0v) is 9.71. The monoisotopic (exact) mass is 240 g/mol. The molecule has 0 aliphatic carbocycles. The molecule has 0 aromatic heterocycles. The fourth-order valence-electron chi connectivity index (χ4n) is 1.99. The zero-order chi connectivity index (χ0) is 12.4. The fourth-order valence-corrected chi connectivity index (χ4v) is 1.99. The molecule has 0 unspecified atom stereocenters. The summed E-state index contributed by atoms with van der Waals surface area (Å²) in [7, 11) is 0. The lowest BCUT2D eigenvalue weighted by Crippen LogP contribution is -2.13. The first-order valence-corrected chi connectivity index (χ1v) is 5.82. The Morgan fingerprint density at radius 2 is 1.67 bits per heavy atom. The van der Waals surface area contributed by atoms with E-state index >= 15 is 0 Å². The standard InChI is InChI=1S/C15H12O3/c16-15-12-8-4-5-9-13(12)17-10-14(18-15)11-6-2-1-3-7-11/h1-9,14H,10H2/t14-/m1/s1. The maximum absolute atomic E-state index is 12.0. The van der Waals surface area contributed by atoms with Gasteiger partial charge in [-0.05, 0) is 17.7 Å². The number of rotatable bonds is 1. The van der Waals surface area contributed by atoms with Gasteiger partial charge in [-0.15, -0.1) is 0 Å². The zero-order valence-electron chi connectivity index (χ0n) is 9.71. The summed E-state index contributed by atoms with van der Waals surface area (Å²) in [4.78, 5) is 12.0. The predicted molar refractivity (Wildman–Crippen MR) is 66.5 cm³/mol. The van der Waals surface area contributed by atoms with Gasteiger partial charge in [0.15, 0.2) is 6.10 Å². The van der Waals surface area contributed by atoms with Gasteiger partial charge in [0.2, 0.25) is 0 Å². The van der Waals surface area contributed by atoms with Gasteiger partial charge >= 0.3 is 5.97 Å². The first-order valence-electron chi connectivity index (χ1n) is 5.82. The van der Waals surface area contributed by atoms with Crippen LogP contribution in [0.15, 0.2) is 54.6 Å². The van der Waals surface area contributed by atoms with Gasteiger partial charge in [0.05, 0.1) is 0 Å². The highest BCUT2D eigenvalue weighted by molar-refractivity contribution is 5.92. The second-order valence-electron chi connectivity index (χ2n) is 4.11. The number of hydrogen-bond acceptors (Lipinski definition) is 3. The molecule has 2 aromatic carbocycles. The quantitative estimate of drug-likeness (QED) is 0.719. The number of fused-ring (bicyclic) bond motifs is 1. The van der Waals surface area contributed by atoms with E-state index in [0.717, 1.165) is 5.56 Å². The van der Waals surface area contributed by atoms with Crippen molar-refractivity contribution in [2.45, 2.75) is 6.10 Å². The minimum atomic E-state index is -0.355. The summed E-state index contributed by atoms with van der Waals surface area (Å²) in [5.74, 6) is 0.248. The number of benzene rings is 2. The number of ether oxygens (including phenoxy) is 2. The Balaban J connectivity index is 1.91. The summed E-state index contributed by atoms with van der Waals surface area (Å²) in [5, 5.41) is 0. The van der Waals surface area contributed by atoms with E-state index in [1.54, 1.807) is 18.2 Å².